The number of likely N-dealkylation sites (N-methyl/N-ethyl adjacent to an activating group) is 2. The van der Waals surface area contributed by atoms with Crippen LogP contribution in [0, 0.1) is 23.5 Å². The van der Waals surface area contributed by atoms with Gasteiger partial charge in [-0.1, -0.05) is 34.1 Å². The molecule has 60 heavy (non-hydrogen) atoms. The third kappa shape index (κ3) is 9.04. The molecule has 0 radical (unpaired) electrons. The second-order valence-electron chi connectivity index (χ2n) is 16.8. The van der Waals surface area contributed by atoms with Gasteiger partial charge in [-0.25, -0.2) is 18.2 Å². The van der Waals surface area contributed by atoms with Crippen LogP contribution < -0.4 is 21.3 Å². The number of hydrogen-bond donors (Lipinski definition) is 5. The third-order valence-corrected chi connectivity index (χ3v) is 12.8. The van der Waals surface area contributed by atoms with Crippen molar-refractivity contribution in [1.29, 1.82) is 0 Å². The molecule has 4 amide bonds. The highest BCUT2D eigenvalue weighted by Crippen LogP contribution is 2.38. The number of benzene rings is 2. The van der Waals surface area contributed by atoms with E-state index in [4.69, 9.17) is 4.98 Å². The molecule has 0 saturated carbocycles. The Morgan fingerprint density at radius 3 is 2.17 bits per heavy atom. The molecule has 326 valence electrons. The summed E-state index contributed by atoms with van der Waals surface area (Å²) in [4.78, 5) is 66.0. The average Bonchev–Trinajstić information content (AvgIpc) is 3.96. The van der Waals surface area contributed by atoms with Crippen LogP contribution in [0.4, 0.5) is 13.2 Å². The van der Waals surface area contributed by atoms with Crippen molar-refractivity contribution >= 4 is 45.6 Å². The van der Waals surface area contributed by atoms with Gasteiger partial charge in [-0.2, -0.15) is 0 Å². The number of hydrogen-bond acceptors (Lipinski definition) is 7. The number of carbonyl (C=O) groups excluding carboxylic acids is 4. The number of fused-ring (bicyclic) bond motifs is 2. The number of likely N-dealkylation sites (tertiary alicyclic amines) is 2. The van der Waals surface area contributed by atoms with Crippen LogP contribution in [0.5, 0.6) is 0 Å². The van der Waals surface area contributed by atoms with E-state index in [0.717, 1.165) is 0 Å². The van der Waals surface area contributed by atoms with Gasteiger partial charge in [-0.3, -0.25) is 19.2 Å². The minimum atomic E-state index is -1.31. The molecular weight excluding hydrogens is 776 g/mol. The van der Waals surface area contributed by atoms with Crippen molar-refractivity contribution in [2.24, 2.45) is 11.8 Å². The van der Waals surface area contributed by atoms with Crippen LogP contribution in [0.3, 0.4) is 0 Å². The number of nitrogens with zero attached hydrogens (tertiary/aromatic N) is 4. The molecule has 2 saturated heterocycles. The molecule has 2 aliphatic rings. The Morgan fingerprint density at radius 2 is 1.52 bits per heavy atom. The number of carbonyl (C=O) groups is 4. The summed E-state index contributed by atoms with van der Waals surface area (Å²) in [5.74, 6) is -1.59. The van der Waals surface area contributed by atoms with Gasteiger partial charge in [-0.15, -0.1) is 0 Å². The summed E-state index contributed by atoms with van der Waals surface area (Å²) in [6.45, 7) is 12.0. The molecule has 13 nitrogen and oxygen atoms in total. The van der Waals surface area contributed by atoms with Crippen LogP contribution in [-0.4, -0.2) is 118 Å². The maximum absolute atomic E-state index is 15.5. The molecule has 4 heterocycles. The topological polar surface area (TPSA) is 156 Å². The molecule has 6 rings (SSSR count). The Bertz CT molecular complexity index is 2210. The third-order valence-electron chi connectivity index (χ3n) is 12.8. The molecule has 9 atom stereocenters. The first-order chi connectivity index (χ1) is 28.6. The second kappa shape index (κ2) is 18.8. The highest BCUT2D eigenvalue weighted by atomic mass is 19.1. The first-order valence-corrected chi connectivity index (χ1v) is 21.3. The van der Waals surface area contributed by atoms with Gasteiger partial charge in [0, 0.05) is 42.5 Å². The SMILES string of the molecule is CCC[C@H](NC(=O)[C@H](C)NC)C(=O)N1C[C@@H](F)C[C@H]1Cc1c(-c2nc3cc(F)ccc3n2C[C@@H]2[C@@H](C)[C@@H](C)CN2C(=O)[C@H](CC)NC(=O)[C@H](C)NC)[nH]c2cc(F)ccc12. The fraction of sp³-hybridized carbons (Fsp3) is 0.568. The zero-order chi connectivity index (χ0) is 43.6. The summed E-state index contributed by atoms with van der Waals surface area (Å²) in [6, 6.07) is 5.12. The van der Waals surface area contributed by atoms with Gasteiger partial charge in [0.05, 0.1) is 41.4 Å². The average molecular weight is 836 g/mol. The number of halogens is 3. The van der Waals surface area contributed by atoms with Gasteiger partial charge < -0.3 is 40.6 Å². The van der Waals surface area contributed by atoms with E-state index >= 15 is 4.39 Å². The second-order valence-corrected chi connectivity index (χ2v) is 16.8. The highest BCUT2D eigenvalue weighted by Gasteiger charge is 2.43. The van der Waals surface area contributed by atoms with E-state index in [2.05, 4.69) is 40.1 Å². The van der Waals surface area contributed by atoms with Crippen molar-refractivity contribution in [1.82, 2.24) is 45.6 Å². The molecule has 0 aliphatic carbocycles. The first-order valence-electron chi connectivity index (χ1n) is 21.3. The molecule has 0 unspecified atom stereocenters. The van der Waals surface area contributed by atoms with Crippen molar-refractivity contribution in [3.05, 3.63) is 53.6 Å². The zero-order valence-corrected chi connectivity index (χ0v) is 35.9. The number of alkyl halides is 1. The van der Waals surface area contributed by atoms with Gasteiger partial charge in [0.25, 0.3) is 0 Å². The van der Waals surface area contributed by atoms with E-state index in [-0.39, 0.29) is 67.4 Å². The molecule has 2 aromatic carbocycles. The molecule has 0 spiro atoms. The summed E-state index contributed by atoms with van der Waals surface area (Å²) in [7, 11) is 3.33. The fourth-order valence-electron chi connectivity index (χ4n) is 8.79. The molecule has 2 fully saturated rings. The summed E-state index contributed by atoms with van der Waals surface area (Å²) >= 11 is 0. The van der Waals surface area contributed by atoms with Crippen molar-refractivity contribution in [3.63, 3.8) is 0 Å². The standard InChI is InChI=1S/C44H60F3N9O4/c1-9-11-34(53-42(58)26(6)49-8)44(60)54-21-29(47)16-30(54)19-32-31-14-12-27(45)17-35(31)50-39(32)40-51-36-18-28(46)13-15-37(36)55(40)22-38-24(4)23(3)20-56(38)43(59)33(10-2)52-41(57)25(5)48-7/h12-15,17-18,23-26,29-30,33-34,38,48-50H,9-11,16,19-22H2,1-8H3,(H,52,57)(H,53,58)/t23-,24-,25-,26-,29-,30-,33-,34-,38+/m0/s1. The van der Waals surface area contributed by atoms with E-state index in [9.17, 15) is 28.0 Å². The largest absolute Gasteiger partial charge is 0.352 e. The first kappa shape index (κ1) is 44.6. The van der Waals surface area contributed by atoms with Crippen LogP contribution in [-0.2, 0) is 32.1 Å². The molecule has 16 heteroatoms. The smallest absolute Gasteiger partial charge is 0.245 e. The van der Waals surface area contributed by atoms with Gasteiger partial charge in [0.1, 0.15) is 29.9 Å². The van der Waals surface area contributed by atoms with E-state index in [1.165, 1.54) is 29.2 Å². The van der Waals surface area contributed by atoms with E-state index in [1.54, 1.807) is 40.1 Å². The number of rotatable bonds is 16. The minimum Gasteiger partial charge on any atom is -0.352 e. The monoisotopic (exact) mass is 835 g/mol. The van der Waals surface area contributed by atoms with Crippen molar-refractivity contribution < 1.29 is 32.3 Å². The molecule has 2 aliphatic heterocycles. The number of amides is 4. The maximum Gasteiger partial charge on any atom is 0.245 e. The minimum absolute atomic E-state index is 0.0209. The van der Waals surface area contributed by atoms with Gasteiger partial charge in [0.2, 0.25) is 23.6 Å². The van der Waals surface area contributed by atoms with Gasteiger partial charge in [0.15, 0.2) is 5.82 Å². The van der Waals surface area contributed by atoms with Crippen LogP contribution in [0.1, 0.15) is 72.8 Å². The highest BCUT2D eigenvalue weighted by molar-refractivity contribution is 5.93. The number of aromatic amines is 1. The van der Waals surface area contributed by atoms with E-state index < -0.39 is 48.0 Å². The van der Waals surface area contributed by atoms with E-state index in [1.807, 2.05) is 23.3 Å². The zero-order valence-electron chi connectivity index (χ0n) is 35.9. The van der Waals surface area contributed by atoms with Crippen LogP contribution in [0.25, 0.3) is 33.5 Å². The van der Waals surface area contributed by atoms with Crippen molar-refractivity contribution in [2.45, 2.75) is 123 Å². The van der Waals surface area contributed by atoms with Gasteiger partial charge in [-0.05, 0) is 94.9 Å². The predicted molar refractivity (Wildman–Crippen MR) is 226 cm³/mol. The van der Waals surface area contributed by atoms with Crippen LogP contribution in [0.2, 0.25) is 0 Å². The summed E-state index contributed by atoms with van der Waals surface area (Å²) in [6.07, 6.45) is 0.298. The quantitative estimate of drug-likeness (QED) is 0.108. The maximum atomic E-state index is 15.5. The van der Waals surface area contributed by atoms with Gasteiger partial charge >= 0.3 is 0 Å². The predicted octanol–water partition coefficient (Wildman–Crippen LogP) is 4.82. The lowest BCUT2D eigenvalue weighted by Gasteiger charge is -2.32. The lowest BCUT2D eigenvalue weighted by Crippen LogP contribution is -2.54. The van der Waals surface area contributed by atoms with Crippen LogP contribution >= 0.6 is 0 Å². The number of nitrogens with one attached hydrogen (secondary N) is 5. The lowest BCUT2D eigenvalue weighted by atomic mass is 9.94. The number of H-pyrrole nitrogens is 1. The van der Waals surface area contributed by atoms with E-state index in [0.29, 0.717) is 64.8 Å². The summed E-state index contributed by atoms with van der Waals surface area (Å²) in [5, 5.41) is 12.2. The fourth-order valence-corrected chi connectivity index (χ4v) is 8.79. The summed E-state index contributed by atoms with van der Waals surface area (Å²) in [5.41, 5.74) is 2.62. The Kier molecular flexibility index (Phi) is 13.9. The van der Waals surface area contributed by atoms with Crippen molar-refractivity contribution in [2.75, 3.05) is 27.2 Å². The molecule has 4 aromatic rings. The van der Waals surface area contributed by atoms with Crippen molar-refractivity contribution in [3.8, 4) is 11.5 Å². The Hall–Kier alpha value is -4.96. The number of imidazole rings is 1. The molecular formula is C44H60F3N9O4. The lowest BCUT2D eigenvalue weighted by molar-refractivity contribution is -0.138. The van der Waals surface area contributed by atoms with Crippen LogP contribution in [0.15, 0.2) is 36.4 Å². The normalized spacial score (nSPS) is 22.6. The molecule has 5 N–H and O–H groups in total. The number of aromatic nitrogens is 3. The summed E-state index contributed by atoms with van der Waals surface area (Å²) < 4.78 is 47.2. The Morgan fingerprint density at radius 1 is 0.883 bits per heavy atom. The molecule has 2 aromatic heterocycles. The molecule has 0 bridgehead atoms. The Labute approximate surface area is 349 Å². The Balaban J connectivity index is 1.42.